The average molecular weight is 330 g/mol. The molecule has 0 radical (unpaired) electrons. The zero-order valence-corrected chi connectivity index (χ0v) is 13.0. The van der Waals surface area contributed by atoms with Crippen LogP contribution in [0.4, 0.5) is 0 Å². The summed E-state index contributed by atoms with van der Waals surface area (Å²) >= 11 is 1.41. The van der Waals surface area contributed by atoms with Crippen LogP contribution in [0, 0.1) is 13.8 Å². The molecular formula is C11H14N4O4S2. The van der Waals surface area contributed by atoms with Gasteiger partial charge in [-0.3, -0.25) is 4.79 Å². The minimum absolute atomic E-state index is 0.0454. The number of rotatable bonds is 6. The summed E-state index contributed by atoms with van der Waals surface area (Å²) in [5, 5.41) is 15.9. The molecule has 0 aliphatic rings. The number of nitrogens with zero attached hydrogens (tertiary/aromatic N) is 3. The fourth-order valence-corrected chi connectivity index (χ4v) is 4.31. The monoisotopic (exact) mass is 330 g/mol. The summed E-state index contributed by atoms with van der Waals surface area (Å²) in [6, 6.07) is 1.61. The lowest BCUT2D eigenvalue weighted by molar-refractivity contribution is -0.137. The Bertz CT molecular complexity index is 763. The van der Waals surface area contributed by atoms with Crippen molar-refractivity contribution in [2.24, 2.45) is 0 Å². The molecule has 0 saturated heterocycles. The van der Waals surface area contributed by atoms with Gasteiger partial charge in [-0.15, -0.1) is 16.4 Å². The Morgan fingerprint density at radius 3 is 2.76 bits per heavy atom. The topological polar surface area (TPSA) is 114 Å². The van der Waals surface area contributed by atoms with Crippen LogP contribution >= 0.6 is 11.3 Å². The molecule has 0 aromatic carbocycles. The maximum atomic E-state index is 12.2. The Morgan fingerprint density at radius 1 is 1.48 bits per heavy atom. The second-order valence-corrected chi connectivity index (χ2v) is 7.60. The first-order chi connectivity index (χ1) is 9.78. The third-order valence-electron chi connectivity index (χ3n) is 2.61. The first-order valence-electron chi connectivity index (χ1n) is 5.95. The molecule has 0 bridgehead atoms. The van der Waals surface area contributed by atoms with Crippen LogP contribution < -0.4 is 4.72 Å². The summed E-state index contributed by atoms with van der Waals surface area (Å²) in [4.78, 5) is 12.4. The van der Waals surface area contributed by atoms with Crippen molar-refractivity contribution in [2.75, 3.05) is 0 Å². The number of nitrogens with one attached hydrogen (secondary N) is 1. The lowest BCUT2D eigenvalue weighted by Gasteiger charge is -2.03. The first-order valence-corrected chi connectivity index (χ1v) is 8.25. The molecule has 2 aromatic heterocycles. The van der Waals surface area contributed by atoms with E-state index in [4.69, 9.17) is 5.11 Å². The molecular weight excluding hydrogens is 316 g/mol. The highest BCUT2D eigenvalue weighted by atomic mass is 32.2. The van der Waals surface area contributed by atoms with E-state index in [1.165, 1.54) is 17.5 Å². The standard InChI is InChI=1S/C11H14N4O4S2/c1-7-3-10(8(2)20-7)21(18,19)12-4-9-5-15(14-13-9)6-11(16)17/h3,5,12H,4,6H2,1-2H3,(H,16,17). The van der Waals surface area contributed by atoms with Gasteiger partial charge < -0.3 is 5.11 Å². The molecule has 8 nitrogen and oxygen atoms in total. The van der Waals surface area contributed by atoms with Crippen LogP contribution in [0.1, 0.15) is 15.4 Å². The summed E-state index contributed by atoms with van der Waals surface area (Å²) in [6.07, 6.45) is 1.39. The van der Waals surface area contributed by atoms with E-state index in [2.05, 4.69) is 15.0 Å². The predicted octanol–water partition coefficient (Wildman–Crippen LogP) is 0.520. The van der Waals surface area contributed by atoms with Crippen molar-refractivity contribution in [2.45, 2.75) is 31.8 Å². The Morgan fingerprint density at radius 2 is 2.19 bits per heavy atom. The quantitative estimate of drug-likeness (QED) is 0.798. The van der Waals surface area contributed by atoms with Crippen LogP contribution in [0.5, 0.6) is 0 Å². The minimum atomic E-state index is -3.62. The maximum Gasteiger partial charge on any atom is 0.325 e. The molecule has 21 heavy (non-hydrogen) atoms. The van der Waals surface area contributed by atoms with Crippen molar-refractivity contribution in [1.82, 2.24) is 19.7 Å². The fourth-order valence-electron chi connectivity index (χ4n) is 1.76. The molecule has 10 heteroatoms. The maximum absolute atomic E-state index is 12.2. The van der Waals surface area contributed by atoms with E-state index >= 15 is 0 Å². The van der Waals surface area contributed by atoms with Crippen LogP contribution in [0.15, 0.2) is 17.2 Å². The Kier molecular flexibility index (Phi) is 4.40. The van der Waals surface area contributed by atoms with E-state index in [9.17, 15) is 13.2 Å². The van der Waals surface area contributed by atoms with Gasteiger partial charge in [0.25, 0.3) is 0 Å². The number of carboxylic acids is 1. The van der Waals surface area contributed by atoms with Gasteiger partial charge in [0.1, 0.15) is 6.54 Å². The van der Waals surface area contributed by atoms with Gasteiger partial charge in [0, 0.05) is 9.75 Å². The number of hydrogen-bond donors (Lipinski definition) is 2. The normalized spacial score (nSPS) is 11.7. The molecule has 2 aromatic rings. The molecule has 114 valence electrons. The number of carbonyl (C=O) groups is 1. The molecule has 0 unspecified atom stereocenters. The largest absolute Gasteiger partial charge is 0.480 e. The summed E-state index contributed by atoms with van der Waals surface area (Å²) in [6.45, 7) is 3.22. The lowest BCUT2D eigenvalue weighted by atomic mass is 10.4. The van der Waals surface area contributed by atoms with Gasteiger partial charge in [-0.25, -0.2) is 17.8 Å². The van der Waals surface area contributed by atoms with E-state index < -0.39 is 16.0 Å². The molecule has 0 atom stereocenters. The smallest absolute Gasteiger partial charge is 0.325 e. The number of thiophene rings is 1. The van der Waals surface area contributed by atoms with Crippen molar-refractivity contribution in [3.63, 3.8) is 0 Å². The van der Waals surface area contributed by atoms with Gasteiger partial charge in [0.15, 0.2) is 0 Å². The van der Waals surface area contributed by atoms with Gasteiger partial charge in [-0.05, 0) is 19.9 Å². The third kappa shape index (κ3) is 3.86. The fraction of sp³-hybridized carbons (Fsp3) is 0.364. The van der Waals surface area contributed by atoms with Crippen LogP contribution in [-0.2, 0) is 27.9 Å². The summed E-state index contributed by atoms with van der Waals surface area (Å²) in [5.41, 5.74) is 0.351. The van der Waals surface area contributed by atoms with E-state index in [0.717, 1.165) is 14.4 Å². The predicted molar refractivity (Wildman–Crippen MR) is 75.5 cm³/mol. The van der Waals surface area contributed by atoms with Gasteiger partial charge >= 0.3 is 5.97 Å². The van der Waals surface area contributed by atoms with Gasteiger partial charge in [-0.2, -0.15) is 0 Å². The zero-order chi connectivity index (χ0) is 15.6. The molecule has 2 rings (SSSR count). The Hall–Kier alpha value is -1.78. The molecule has 0 spiro atoms. The van der Waals surface area contributed by atoms with Crippen LogP contribution in [0.25, 0.3) is 0 Å². The lowest BCUT2D eigenvalue weighted by Crippen LogP contribution is -2.23. The molecule has 0 amide bonds. The molecule has 0 saturated carbocycles. The third-order valence-corrected chi connectivity index (χ3v) is 5.23. The SMILES string of the molecule is Cc1cc(S(=O)(=O)NCc2cn(CC(=O)O)nn2)c(C)s1. The molecule has 2 heterocycles. The van der Waals surface area contributed by atoms with Gasteiger partial charge in [-0.1, -0.05) is 5.21 Å². The van der Waals surface area contributed by atoms with Crippen molar-refractivity contribution in [3.8, 4) is 0 Å². The van der Waals surface area contributed by atoms with Crippen molar-refractivity contribution >= 4 is 27.3 Å². The highest BCUT2D eigenvalue weighted by molar-refractivity contribution is 7.89. The van der Waals surface area contributed by atoms with Crippen molar-refractivity contribution < 1.29 is 18.3 Å². The van der Waals surface area contributed by atoms with Crippen LogP contribution in [0.3, 0.4) is 0 Å². The number of aryl methyl sites for hydroxylation is 2. The summed E-state index contributed by atoms with van der Waals surface area (Å²) < 4.78 is 27.9. The Labute approximate surface area is 125 Å². The van der Waals surface area contributed by atoms with Crippen molar-refractivity contribution in [3.05, 3.63) is 27.7 Å². The van der Waals surface area contributed by atoms with E-state index in [1.807, 2.05) is 6.92 Å². The number of sulfonamides is 1. The van der Waals surface area contributed by atoms with Gasteiger partial charge in [0.2, 0.25) is 10.0 Å². The van der Waals surface area contributed by atoms with Crippen molar-refractivity contribution in [1.29, 1.82) is 0 Å². The average Bonchev–Trinajstić information content (AvgIpc) is 2.93. The molecule has 2 N–H and O–H groups in total. The Balaban J connectivity index is 2.07. The molecule has 0 aliphatic heterocycles. The van der Waals surface area contributed by atoms with E-state index in [0.29, 0.717) is 5.69 Å². The summed E-state index contributed by atoms with van der Waals surface area (Å²) in [7, 11) is -3.62. The first kappa shape index (κ1) is 15.6. The zero-order valence-electron chi connectivity index (χ0n) is 11.4. The second kappa shape index (κ2) is 5.92. The number of carboxylic acid groups (broad SMARTS) is 1. The molecule has 0 fully saturated rings. The highest BCUT2D eigenvalue weighted by Gasteiger charge is 2.19. The molecule has 0 aliphatic carbocycles. The summed E-state index contributed by atoms with van der Waals surface area (Å²) in [5.74, 6) is -1.04. The second-order valence-electron chi connectivity index (χ2n) is 4.40. The minimum Gasteiger partial charge on any atom is -0.480 e. The number of hydrogen-bond acceptors (Lipinski definition) is 6. The van der Waals surface area contributed by atoms with Crippen LogP contribution in [-0.4, -0.2) is 34.5 Å². The van der Waals surface area contributed by atoms with E-state index in [1.54, 1.807) is 13.0 Å². The van der Waals surface area contributed by atoms with Gasteiger partial charge in [0.05, 0.1) is 23.3 Å². The van der Waals surface area contributed by atoms with E-state index in [-0.39, 0.29) is 18.0 Å². The number of aromatic nitrogens is 3. The highest BCUT2D eigenvalue weighted by Crippen LogP contribution is 2.24. The van der Waals surface area contributed by atoms with Crippen LogP contribution in [0.2, 0.25) is 0 Å². The number of aliphatic carboxylic acids is 1.